The number of ketones is 1. The molecular weight excluding hydrogens is 215 g/mol. The molecule has 0 bridgehead atoms. The second-order valence-corrected chi connectivity index (χ2v) is 2.38. The van der Waals surface area contributed by atoms with Crippen LogP contribution in [0.2, 0.25) is 0 Å². The second-order valence-electron chi connectivity index (χ2n) is 2.38. The fourth-order valence-electron chi connectivity index (χ4n) is 0.583. The molecule has 4 nitrogen and oxygen atoms in total. The number of alkyl halides is 3. The van der Waals surface area contributed by atoms with Gasteiger partial charge in [0.2, 0.25) is 0 Å². The summed E-state index contributed by atoms with van der Waals surface area (Å²) in [7, 11) is 0. The van der Waals surface area contributed by atoms with Gasteiger partial charge in [0.15, 0.2) is 0 Å². The fraction of sp³-hybridized carbons (Fsp3) is 0.500. The van der Waals surface area contributed by atoms with Crippen LogP contribution >= 0.6 is 0 Å². The van der Waals surface area contributed by atoms with Gasteiger partial charge in [-0.3, -0.25) is 9.59 Å². The maximum atomic E-state index is 11.6. The molecule has 0 rings (SSSR count). The molecule has 0 amide bonds. The van der Waals surface area contributed by atoms with Crippen molar-refractivity contribution in [2.75, 3.05) is 13.2 Å². The predicted molar refractivity (Wildman–Crippen MR) is 44.8 cm³/mol. The van der Waals surface area contributed by atoms with Gasteiger partial charge < -0.3 is 10.1 Å². The Kier molecular flexibility index (Phi) is 5.43. The number of allylic oxidation sites excluding steroid dienone is 1. The number of hydrogen-bond donors (Lipinski definition) is 1. The zero-order valence-electron chi connectivity index (χ0n) is 7.93. The Labute approximate surface area is 84.1 Å². The van der Waals surface area contributed by atoms with E-state index in [1.165, 1.54) is 0 Å². The van der Waals surface area contributed by atoms with Crippen molar-refractivity contribution < 1.29 is 27.5 Å². The largest absolute Gasteiger partial charge is 0.465 e. The number of ether oxygens (including phenoxy) is 1. The zero-order chi connectivity index (χ0) is 11.9. The second kappa shape index (κ2) is 6.05. The third kappa shape index (κ3) is 6.53. The van der Waals surface area contributed by atoms with Gasteiger partial charge in [-0.2, -0.15) is 13.2 Å². The number of esters is 1. The van der Waals surface area contributed by atoms with Gasteiger partial charge in [-0.05, 0) is 6.92 Å². The minimum Gasteiger partial charge on any atom is -0.465 e. The first-order chi connectivity index (χ1) is 6.88. The van der Waals surface area contributed by atoms with E-state index in [0.29, 0.717) is 6.08 Å². The normalized spacial score (nSPS) is 11.5. The monoisotopic (exact) mass is 225 g/mol. The molecular formula is C8H10F3NO3. The van der Waals surface area contributed by atoms with E-state index in [-0.39, 0.29) is 13.2 Å². The first kappa shape index (κ1) is 13.5. The topological polar surface area (TPSA) is 55.4 Å². The van der Waals surface area contributed by atoms with Crippen LogP contribution < -0.4 is 5.32 Å². The molecule has 0 saturated carbocycles. The fourth-order valence-corrected chi connectivity index (χ4v) is 0.583. The van der Waals surface area contributed by atoms with Gasteiger partial charge >= 0.3 is 12.1 Å². The Balaban J connectivity index is 3.82. The van der Waals surface area contributed by atoms with E-state index in [9.17, 15) is 22.8 Å². The predicted octanol–water partition coefficient (Wildman–Crippen LogP) is 0.784. The van der Waals surface area contributed by atoms with Crippen molar-refractivity contribution in [3.63, 3.8) is 0 Å². The average molecular weight is 225 g/mol. The van der Waals surface area contributed by atoms with Crippen molar-refractivity contribution in [3.05, 3.63) is 12.3 Å². The third-order valence-corrected chi connectivity index (χ3v) is 1.18. The summed E-state index contributed by atoms with van der Waals surface area (Å²) in [5.41, 5.74) is 0. The summed E-state index contributed by atoms with van der Waals surface area (Å²) in [5, 5.41) is 2.20. The van der Waals surface area contributed by atoms with E-state index in [1.54, 1.807) is 6.92 Å². The summed E-state index contributed by atoms with van der Waals surface area (Å²) < 4.78 is 39.4. The lowest BCUT2D eigenvalue weighted by Gasteiger charge is -2.01. The van der Waals surface area contributed by atoms with Crippen LogP contribution in [0, 0.1) is 0 Å². The molecule has 1 N–H and O–H groups in total. The molecule has 0 spiro atoms. The Morgan fingerprint density at radius 2 is 2.00 bits per heavy atom. The molecule has 0 aromatic rings. The lowest BCUT2D eigenvalue weighted by Crippen LogP contribution is -2.23. The quantitative estimate of drug-likeness (QED) is 0.555. The number of nitrogens with one attached hydrogen (secondary N) is 1. The lowest BCUT2D eigenvalue weighted by molar-refractivity contribution is -0.165. The Morgan fingerprint density at radius 3 is 2.47 bits per heavy atom. The average Bonchev–Trinajstić information content (AvgIpc) is 2.11. The van der Waals surface area contributed by atoms with Gasteiger partial charge in [-0.25, -0.2) is 0 Å². The summed E-state index contributed by atoms with van der Waals surface area (Å²) >= 11 is 0. The van der Waals surface area contributed by atoms with Crippen LogP contribution in [0.5, 0.6) is 0 Å². The number of halogens is 3. The standard InChI is InChI=1S/C8H10F3NO3/c1-2-15-7(14)5-12-4-3-6(13)8(9,10)11/h3-4,12H,2,5H2,1H3. The molecule has 0 saturated heterocycles. The van der Waals surface area contributed by atoms with Crippen molar-refractivity contribution in [1.82, 2.24) is 5.32 Å². The zero-order valence-corrected chi connectivity index (χ0v) is 7.93. The van der Waals surface area contributed by atoms with Crippen molar-refractivity contribution in [2.45, 2.75) is 13.1 Å². The summed E-state index contributed by atoms with van der Waals surface area (Å²) in [6.45, 7) is 1.50. The number of carbonyl (C=O) groups excluding carboxylic acids is 2. The molecule has 0 aliphatic carbocycles. The maximum Gasteiger partial charge on any atom is 0.454 e. The van der Waals surface area contributed by atoms with Crippen LogP contribution in [0.1, 0.15) is 6.92 Å². The molecule has 86 valence electrons. The van der Waals surface area contributed by atoms with Crippen LogP contribution in [0.25, 0.3) is 0 Å². The van der Waals surface area contributed by atoms with E-state index < -0.39 is 17.9 Å². The van der Waals surface area contributed by atoms with E-state index >= 15 is 0 Å². The van der Waals surface area contributed by atoms with Crippen molar-refractivity contribution in [1.29, 1.82) is 0 Å². The molecule has 0 fully saturated rings. The van der Waals surface area contributed by atoms with Crippen LogP contribution in [0.4, 0.5) is 13.2 Å². The minimum atomic E-state index is -4.89. The number of hydrogen-bond acceptors (Lipinski definition) is 4. The molecule has 15 heavy (non-hydrogen) atoms. The van der Waals surface area contributed by atoms with Crippen molar-refractivity contribution >= 4 is 11.8 Å². The first-order valence-corrected chi connectivity index (χ1v) is 4.04. The van der Waals surface area contributed by atoms with E-state index in [2.05, 4.69) is 10.1 Å². The highest BCUT2D eigenvalue weighted by atomic mass is 19.4. The summed E-state index contributed by atoms with van der Waals surface area (Å²) in [4.78, 5) is 20.9. The molecule has 0 heterocycles. The minimum absolute atomic E-state index is 0.186. The van der Waals surface area contributed by atoms with Gasteiger partial charge in [0.1, 0.15) is 6.54 Å². The Hall–Kier alpha value is -1.53. The molecule has 0 aliphatic heterocycles. The first-order valence-electron chi connectivity index (χ1n) is 4.04. The van der Waals surface area contributed by atoms with Gasteiger partial charge in [-0.1, -0.05) is 0 Å². The molecule has 7 heteroatoms. The SMILES string of the molecule is CCOC(=O)CNC=CC(=O)C(F)(F)F. The highest BCUT2D eigenvalue weighted by Crippen LogP contribution is 2.15. The molecule has 0 aromatic heterocycles. The highest BCUT2D eigenvalue weighted by Gasteiger charge is 2.35. The molecule has 0 atom stereocenters. The van der Waals surface area contributed by atoms with Crippen LogP contribution in [-0.2, 0) is 14.3 Å². The van der Waals surface area contributed by atoms with Crippen LogP contribution in [-0.4, -0.2) is 31.1 Å². The highest BCUT2D eigenvalue weighted by molar-refractivity contribution is 5.94. The number of rotatable bonds is 5. The van der Waals surface area contributed by atoms with Gasteiger partial charge in [0.25, 0.3) is 5.78 Å². The van der Waals surface area contributed by atoms with Gasteiger partial charge in [-0.15, -0.1) is 0 Å². The summed E-state index contributed by atoms with van der Waals surface area (Å²) in [6.07, 6.45) is -3.83. The van der Waals surface area contributed by atoms with Gasteiger partial charge in [0, 0.05) is 12.3 Å². The molecule has 0 radical (unpaired) electrons. The smallest absolute Gasteiger partial charge is 0.454 e. The summed E-state index contributed by atoms with van der Waals surface area (Å²) in [6, 6.07) is 0. The number of carbonyl (C=O) groups is 2. The van der Waals surface area contributed by atoms with E-state index in [1.807, 2.05) is 0 Å². The van der Waals surface area contributed by atoms with Crippen molar-refractivity contribution in [3.8, 4) is 0 Å². The van der Waals surface area contributed by atoms with E-state index in [4.69, 9.17) is 0 Å². The van der Waals surface area contributed by atoms with Crippen LogP contribution in [0.3, 0.4) is 0 Å². The lowest BCUT2D eigenvalue weighted by atomic mass is 10.4. The third-order valence-electron chi connectivity index (χ3n) is 1.18. The van der Waals surface area contributed by atoms with Gasteiger partial charge in [0.05, 0.1) is 6.61 Å². The maximum absolute atomic E-state index is 11.6. The molecule has 0 aliphatic rings. The van der Waals surface area contributed by atoms with E-state index in [0.717, 1.165) is 6.20 Å². The molecule has 0 unspecified atom stereocenters. The molecule has 0 aromatic carbocycles. The summed E-state index contributed by atoms with van der Waals surface area (Å²) in [5.74, 6) is -2.60. The van der Waals surface area contributed by atoms with Crippen LogP contribution in [0.15, 0.2) is 12.3 Å². The van der Waals surface area contributed by atoms with Crippen molar-refractivity contribution in [2.24, 2.45) is 0 Å². The Bertz CT molecular complexity index is 260. The Morgan fingerprint density at radius 1 is 1.40 bits per heavy atom.